The fourth-order valence-corrected chi connectivity index (χ4v) is 0.912. The first kappa shape index (κ1) is 7.28. The summed E-state index contributed by atoms with van der Waals surface area (Å²) in [5.41, 5.74) is 0. The maximum absolute atomic E-state index is 8.98. The van der Waals surface area contributed by atoms with Crippen molar-refractivity contribution >= 4 is 11.6 Å². The lowest BCUT2D eigenvalue weighted by Gasteiger charge is -2.26. The van der Waals surface area contributed by atoms with Gasteiger partial charge in [0.05, 0.1) is 18.1 Å². The van der Waals surface area contributed by atoms with Gasteiger partial charge in [-0.1, -0.05) is 0 Å². The molecule has 0 aromatic rings. The summed E-state index contributed by atoms with van der Waals surface area (Å²) in [6, 6.07) is 0. The Morgan fingerprint density at radius 3 is 2.56 bits per heavy atom. The zero-order valence-corrected chi connectivity index (χ0v) is 5.58. The number of aliphatic hydroxyl groups is 2. The van der Waals surface area contributed by atoms with Gasteiger partial charge in [-0.25, -0.2) is 0 Å². The molecule has 1 saturated heterocycles. The maximum Gasteiger partial charge on any atom is 0.157 e. The van der Waals surface area contributed by atoms with Crippen molar-refractivity contribution in [3.63, 3.8) is 0 Å². The van der Waals surface area contributed by atoms with E-state index in [1.807, 2.05) is 0 Å². The average molecular weight is 153 g/mol. The van der Waals surface area contributed by atoms with Gasteiger partial charge >= 0.3 is 0 Å². The molecule has 0 aromatic heterocycles. The Hall–Kier alpha value is 0.170. The van der Waals surface area contributed by atoms with Crippen molar-refractivity contribution in [2.45, 2.75) is 24.2 Å². The number of hydrogen-bond acceptors (Lipinski definition) is 3. The highest BCUT2D eigenvalue weighted by Gasteiger charge is 2.26. The van der Waals surface area contributed by atoms with Crippen molar-refractivity contribution in [1.29, 1.82) is 0 Å². The minimum absolute atomic E-state index is 0.216. The van der Waals surface area contributed by atoms with E-state index in [4.69, 9.17) is 26.6 Å². The highest BCUT2D eigenvalue weighted by molar-refractivity contribution is 6.21. The van der Waals surface area contributed by atoms with Gasteiger partial charge in [0.15, 0.2) is 6.29 Å². The Bertz CT molecular complexity index is 98.2. The van der Waals surface area contributed by atoms with Crippen molar-refractivity contribution in [2.75, 3.05) is 6.61 Å². The number of rotatable bonds is 0. The molecule has 0 bridgehead atoms. The van der Waals surface area contributed by atoms with E-state index >= 15 is 0 Å². The average Bonchev–Trinajstić information content (AvgIpc) is 1.80. The predicted molar refractivity (Wildman–Crippen MR) is 32.2 cm³/mol. The monoisotopic (exact) mass is 152 g/mol. The van der Waals surface area contributed by atoms with E-state index in [-0.39, 0.29) is 18.4 Å². The van der Waals surface area contributed by atoms with Crippen LogP contribution < -0.4 is 0 Å². The molecule has 4 heteroatoms. The summed E-state index contributed by atoms with van der Waals surface area (Å²) >= 11 is 5.55. The van der Waals surface area contributed by atoms with Gasteiger partial charge in [0, 0.05) is 6.42 Å². The molecule has 0 unspecified atom stereocenters. The first-order valence-corrected chi connectivity index (χ1v) is 3.25. The van der Waals surface area contributed by atoms with Crippen LogP contribution in [-0.2, 0) is 4.74 Å². The number of alkyl halides is 1. The zero-order valence-electron chi connectivity index (χ0n) is 4.83. The Kier molecular flexibility index (Phi) is 2.29. The van der Waals surface area contributed by atoms with Crippen LogP contribution in [0.4, 0.5) is 0 Å². The smallest absolute Gasteiger partial charge is 0.157 e. The summed E-state index contributed by atoms with van der Waals surface area (Å²) in [6.45, 7) is 0.226. The van der Waals surface area contributed by atoms with E-state index < -0.39 is 12.4 Å². The van der Waals surface area contributed by atoms with Crippen LogP contribution in [0.3, 0.4) is 0 Å². The third kappa shape index (κ3) is 1.79. The zero-order chi connectivity index (χ0) is 6.85. The van der Waals surface area contributed by atoms with Crippen LogP contribution in [0.1, 0.15) is 6.42 Å². The molecule has 1 heterocycles. The van der Waals surface area contributed by atoms with Gasteiger partial charge < -0.3 is 14.9 Å². The van der Waals surface area contributed by atoms with Crippen LogP contribution in [0.2, 0.25) is 0 Å². The lowest BCUT2D eigenvalue weighted by atomic mass is 10.1. The van der Waals surface area contributed by atoms with E-state index in [9.17, 15) is 0 Å². The van der Waals surface area contributed by atoms with Gasteiger partial charge in [0.1, 0.15) is 0 Å². The lowest BCUT2D eigenvalue weighted by Crippen LogP contribution is -2.37. The molecule has 54 valence electrons. The second-order valence-electron chi connectivity index (χ2n) is 2.11. The number of ether oxygens (including phenoxy) is 1. The minimum atomic E-state index is -0.838. The van der Waals surface area contributed by atoms with Gasteiger partial charge in [-0.15, -0.1) is 11.6 Å². The second kappa shape index (κ2) is 2.84. The van der Waals surface area contributed by atoms with Gasteiger partial charge in [-0.05, 0) is 0 Å². The fourth-order valence-electron chi connectivity index (χ4n) is 0.736. The minimum Gasteiger partial charge on any atom is -0.391 e. The van der Waals surface area contributed by atoms with Crippen LogP contribution in [0.25, 0.3) is 0 Å². The molecule has 0 radical (unpaired) electrons. The fraction of sp³-hybridized carbons (Fsp3) is 1.00. The molecule has 0 spiro atoms. The molecule has 9 heavy (non-hydrogen) atoms. The SMILES string of the molecule is O[C@H]1C[C@H](O)[C@@H](Cl)CO1. The molecular formula is C5H9ClO3. The highest BCUT2D eigenvalue weighted by atomic mass is 35.5. The lowest BCUT2D eigenvalue weighted by molar-refractivity contribution is -0.150. The van der Waals surface area contributed by atoms with E-state index in [2.05, 4.69) is 0 Å². The topological polar surface area (TPSA) is 49.7 Å². The van der Waals surface area contributed by atoms with Crippen molar-refractivity contribution in [3.05, 3.63) is 0 Å². The van der Waals surface area contributed by atoms with Gasteiger partial charge in [0.25, 0.3) is 0 Å². The van der Waals surface area contributed by atoms with Crippen LogP contribution in [0, 0.1) is 0 Å². The molecule has 0 saturated carbocycles. The summed E-state index contributed by atoms with van der Waals surface area (Å²) in [4.78, 5) is 0. The number of hydrogen-bond donors (Lipinski definition) is 2. The summed E-state index contributed by atoms with van der Waals surface area (Å²) in [7, 11) is 0. The molecule has 1 aliphatic rings. The number of aliphatic hydroxyl groups excluding tert-OH is 2. The maximum atomic E-state index is 8.98. The molecule has 3 atom stereocenters. The van der Waals surface area contributed by atoms with Crippen molar-refractivity contribution in [2.24, 2.45) is 0 Å². The summed E-state index contributed by atoms with van der Waals surface area (Å²) in [5.74, 6) is 0. The van der Waals surface area contributed by atoms with Gasteiger partial charge in [-0.3, -0.25) is 0 Å². The van der Waals surface area contributed by atoms with E-state index in [0.717, 1.165) is 0 Å². The molecule has 1 rings (SSSR count). The van der Waals surface area contributed by atoms with Crippen LogP contribution in [0.5, 0.6) is 0 Å². The Balaban J connectivity index is 2.35. The molecule has 0 aliphatic carbocycles. The summed E-state index contributed by atoms with van der Waals surface area (Å²) < 4.78 is 4.72. The second-order valence-corrected chi connectivity index (χ2v) is 2.67. The third-order valence-electron chi connectivity index (χ3n) is 1.31. The van der Waals surface area contributed by atoms with Gasteiger partial charge in [-0.2, -0.15) is 0 Å². The van der Waals surface area contributed by atoms with Crippen LogP contribution in [0.15, 0.2) is 0 Å². The number of halogens is 1. The molecular weight excluding hydrogens is 144 g/mol. The molecule has 1 aliphatic heterocycles. The Labute approximate surface area is 58.2 Å². The van der Waals surface area contributed by atoms with Crippen molar-refractivity contribution < 1.29 is 14.9 Å². The van der Waals surface area contributed by atoms with E-state index in [1.165, 1.54) is 0 Å². The first-order valence-electron chi connectivity index (χ1n) is 2.82. The highest BCUT2D eigenvalue weighted by Crippen LogP contribution is 2.16. The standard InChI is InChI=1S/C5H9ClO3/c6-3-2-9-5(8)1-4(3)7/h3-5,7-8H,1-2H2/t3-,4-,5+/m0/s1. The van der Waals surface area contributed by atoms with Gasteiger partial charge in [0.2, 0.25) is 0 Å². The molecule has 0 aromatic carbocycles. The van der Waals surface area contributed by atoms with E-state index in [1.54, 1.807) is 0 Å². The summed E-state index contributed by atoms with van der Waals surface area (Å²) in [5, 5.41) is 17.4. The molecule has 0 amide bonds. The molecule has 1 fully saturated rings. The molecule has 3 nitrogen and oxygen atoms in total. The van der Waals surface area contributed by atoms with Crippen molar-refractivity contribution in [3.8, 4) is 0 Å². The third-order valence-corrected chi connectivity index (χ3v) is 1.73. The van der Waals surface area contributed by atoms with Crippen molar-refractivity contribution in [1.82, 2.24) is 0 Å². The molecule has 2 N–H and O–H groups in total. The van der Waals surface area contributed by atoms with Crippen LogP contribution >= 0.6 is 11.6 Å². The predicted octanol–water partition coefficient (Wildman–Crippen LogP) is -0.307. The summed E-state index contributed by atoms with van der Waals surface area (Å²) in [6.07, 6.45) is -1.25. The quantitative estimate of drug-likeness (QED) is 0.469. The Morgan fingerprint density at radius 1 is 1.44 bits per heavy atom. The first-order chi connectivity index (χ1) is 4.20. The largest absolute Gasteiger partial charge is 0.391 e. The van der Waals surface area contributed by atoms with Crippen LogP contribution in [-0.4, -0.2) is 34.6 Å². The van der Waals surface area contributed by atoms with E-state index in [0.29, 0.717) is 0 Å². The Morgan fingerprint density at radius 2 is 2.11 bits per heavy atom. The normalized spacial score (nSPS) is 45.0.